The van der Waals surface area contributed by atoms with Gasteiger partial charge in [0.1, 0.15) is 0 Å². The fraction of sp³-hybridized carbons (Fsp3) is 0.250. The number of halogens is 2. The van der Waals surface area contributed by atoms with Gasteiger partial charge in [-0.3, -0.25) is 0 Å². The van der Waals surface area contributed by atoms with Gasteiger partial charge in [-0.25, -0.2) is 4.68 Å². The van der Waals surface area contributed by atoms with E-state index in [1.165, 1.54) is 0 Å². The molecular weight excluding hydrogens is 414 g/mol. The number of nitrogens with one attached hydrogen (secondary N) is 1. The fourth-order valence-electron chi connectivity index (χ4n) is 2.84. The van der Waals surface area contributed by atoms with E-state index >= 15 is 0 Å². The Morgan fingerprint density at radius 3 is 2.46 bits per heavy atom. The minimum atomic E-state index is 0.0505. The molecule has 0 aliphatic carbocycles. The second-order valence-electron chi connectivity index (χ2n) is 6.16. The van der Waals surface area contributed by atoms with Crippen LogP contribution in [-0.2, 0) is 0 Å². The molecule has 6 heteroatoms. The molecule has 0 amide bonds. The first-order chi connectivity index (χ1) is 12.5. The van der Waals surface area contributed by atoms with Crippen LogP contribution in [0, 0.1) is 0 Å². The summed E-state index contributed by atoms with van der Waals surface area (Å²) in [6.07, 6.45) is 0. The van der Waals surface area contributed by atoms with Gasteiger partial charge in [0.15, 0.2) is 0 Å². The summed E-state index contributed by atoms with van der Waals surface area (Å²) in [4.78, 5) is 0. The Kier molecular flexibility index (Phi) is 6.01. The molecule has 1 aromatic heterocycles. The summed E-state index contributed by atoms with van der Waals surface area (Å²) in [6.45, 7) is 4.21. The third kappa shape index (κ3) is 4.29. The van der Waals surface area contributed by atoms with Crippen LogP contribution in [0.25, 0.3) is 5.69 Å². The van der Waals surface area contributed by atoms with Gasteiger partial charge in [-0.15, -0.1) is 0 Å². The van der Waals surface area contributed by atoms with E-state index in [4.69, 9.17) is 21.4 Å². The minimum Gasteiger partial charge on any atom is -0.481 e. The normalized spacial score (nSPS) is 13.4. The van der Waals surface area contributed by atoms with Crippen LogP contribution in [-0.4, -0.2) is 16.9 Å². The maximum Gasteiger partial charge on any atom is 0.216 e. The second kappa shape index (κ2) is 8.25. The highest BCUT2D eigenvalue weighted by atomic mass is 79.9. The molecule has 0 spiro atoms. The summed E-state index contributed by atoms with van der Waals surface area (Å²) < 4.78 is 8.35. The zero-order valence-electron chi connectivity index (χ0n) is 14.9. The number of methoxy groups -OCH3 is 1. The minimum absolute atomic E-state index is 0.0505. The van der Waals surface area contributed by atoms with Crippen molar-refractivity contribution >= 4 is 27.5 Å². The van der Waals surface area contributed by atoms with Crippen molar-refractivity contribution in [2.45, 2.75) is 25.9 Å². The summed E-state index contributed by atoms with van der Waals surface area (Å²) >= 11 is 9.56. The molecule has 3 rings (SSSR count). The number of hydrogen-bond acceptors (Lipinski definition) is 3. The summed E-state index contributed by atoms with van der Waals surface area (Å²) in [5.74, 6) is 0.700. The lowest BCUT2D eigenvalue weighted by atomic mass is 10.1. The molecule has 136 valence electrons. The molecule has 0 saturated carbocycles. The number of benzene rings is 2. The number of nitrogens with zero attached hydrogens (tertiary/aromatic N) is 2. The third-order valence-corrected chi connectivity index (χ3v) is 5.03. The van der Waals surface area contributed by atoms with Crippen LogP contribution in [0.4, 0.5) is 0 Å². The third-order valence-electron chi connectivity index (χ3n) is 4.27. The monoisotopic (exact) mass is 433 g/mol. The van der Waals surface area contributed by atoms with E-state index in [9.17, 15) is 0 Å². The molecule has 26 heavy (non-hydrogen) atoms. The van der Waals surface area contributed by atoms with Crippen molar-refractivity contribution in [3.63, 3.8) is 0 Å². The zero-order valence-corrected chi connectivity index (χ0v) is 17.3. The lowest BCUT2D eigenvalue weighted by molar-refractivity contribution is 0.383. The van der Waals surface area contributed by atoms with Crippen molar-refractivity contribution in [1.29, 1.82) is 0 Å². The van der Waals surface area contributed by atoms with E-state index in [2.05, 4.69) is 41.2 Å². The van der Waals surface area contributed by atoms with Crippen molar-refractivity contribution < 1.29 is 4.74 Å². The van der Waals surface area contributed by atoms with Gasteiger partial charge in [0.2, 0.25) is 5.88 Å². The average molecular weight is 435 g/mol. The van der Waals surface area contributed by atoms with Crippen molar-refractivity contribution in [3.05, 3.63) is 75.4 Å². The number of ether oxygens (including phenoxy) is 1. The summed E-state index contributed by atoms with van der Waals surface area (Å²) in [5, 5.41) is 9.04. The Bertz CT molecular complexity index is 879. The molecule has 1 heterocycles. The summed E-state index contributed by atoms with van der Waals surface area (Å²) in [7, 11) is 1.66. The van der Waals surface area contributed by atoms with E-state index in [1.807, 2.05) is 53.2 Å². The number of rotatable bonds is 6. The van der Waals surface area contributed by atoms with E-state index in [0.29, 0.717) is 5.88 Å². The molecule has 4 nitrogen and oxygen atoms in total. The fourth-order valence-corrected chi connectivity index (χ4v) is 3.30. The predicted molar refractivity (Wildman–Crippen MR) is 109 cm³/mol. The first-order valence-corrected chi connectivity index (χ1v) is 9.56. The molecule has 1 N–H and O–H groups in total. The number of hydrogen-bond donors (Lipinski definition) is 1. The van der Waals surface area contributed by atoms with Crippen LogP contribution >= 0.6 is 27.5 Å². The van der Waals surface area contributed by atoms with Gasteiger partial charge >= 0.3 is 0 Å². The van der Waals surface area contributed by atoms with Gasteiger partial charge in [0, 0.05) is 27.6 Å². The van der Waals surface area contributed by atoms with Gasteiger partial charge in [-0.1, -0.05) is 39.7 Å². The van der Waals surface area contributed by atoms with Crippen molar-refractivity contribution in [2.24, 2.45) is 0 Å². The van der Waals surface area contributed by atoms with Crippen LogP contribution in [0.2, 0.25) is 5.02 Å². The largest absolute Gasteiger partial charge is 0.481 e. The van der Waals surface area contributed by atoms with Gasteiger partial charge in [0.25, 0.3) is 0 Å². The molecule has 0 aliphatic rings. The summed E-state index contributed by atoms with van der Waals surface area (Å²) in [6, 6.07) is 18.0. The molecule has 0 radical (unpaired) electrons. The molecule has 0 saturated heterocycles. The highest BCUT2D eigenvalue weighted by Gasteiger charge is 2.17. The molecular formula is C20H21BrClN3O. The molecule has 3 aromatic rings. The average Bonchev–Trinajstić information content (AvgIpc) is 3.07. The smallest absolute Gasteiger partial charge is 0.216 e. The predicted octanol–water partition coefficient (Wildman–Crippen LogP) is 5.71. The van der Waals surface area contributed by atoms with E-state index in [-0.39, 0.29) is 12.1 Å². The quantitative estimate of drug-likeness (QED) is 0.540. The van der Waals surface area contributed by atoms with E-state index in [1.54, 1.807) is 7.11 Å². The van der Waals surface area contributed by atoms with Crippen LogP contribution in [0.1, 0.15) is 37.2 Å². The van der Waals surface area contributed by atoms with Gasteiger partial charge in [-0.05, 0) is 55.8 Å². The summed E-state index contributed by atoms with van der Waals surface area (Å²) in [5.41, 5.74) is 3.01. The standard InChI is InChI=1S/C20H21BrClN3O/c1-13(15-5-4-6-17(22)11-15)23-14(2)19-12-20(26-3)25(24-19)18-9-7-16(21)8-10-18/h4-14,23H,1-3H3/t13-,14?/m1/s1. The first-order valence-electron chi connectivity index (χ1n) is 8.39. The van der Waals surface area contributed by atoms with Crippen LogP contribution < -0.4 is 10.1 Å². The lowest BCUT2D eigenvalue weighted by Crippen LogP contribution is -2.23. The van der Waals surface area contributed by atoms with Gasteiger partial charge in [0.05, 0.1) is 18.5 Å². The molecule has 1 unspecified atom stereocenters. The molecule has 2 aromatic carbocycles. The Balaban J connectivity index is 1.81. The van der Waals surface area contributed by atoms with Gasteiger partial charge in [-0.2, -0.15) is 5.10 Å². The topological polar surface area (TPSA) is 39.1 Å². The first kappa shape index (κ1) is 19.0. The maximum absolute atomic E-state index is 6.10. The number of aromatic nitrogens is 2. The van der Waals surface area contributed by atoms with E-state index in [0.717, 1.165) is 26.4 Å². The molecule has 0 fully saturated rings. The SMILES string of the molecule is COc1cc(C(C)N[C@H](C)c2cccc(Cl)c2)nn1-c1ccc(Br)cc1. The Hall–Kier alpha value is -1.82. The van der Waals surface area contributed by atoms with Crippen molar-refractivity contribution in [1.82, 2.24) is 15.1 Å². The van der Waals surface area contributed by atoms with Crippen molar-refractivity contribution in [2.75, 3.05) is 7.11 Å². The molecule has 0 aliphatic heterocycles. The Morgan fingerprint density at radius 1 is 1.08 bits per heavy atom. The second-order valence-corrected chi connectivity index (χ2v) is 7.52. The molecule has 0 bridgehead atoms. The van der Waals surface area contributed by atoms with Crippen LogP contribution in [0.15, 0.2) is 59.1 Å². The van der Waals surface area contributed by atoms with Gasteiger partial charge < -0.3 is 10.1 Å². The van der Waals surface area contributed by atoms with Crippen LogP contribution in [0.5, 0.6) is 5.88 Å². The Morgan fingerprint density at radius 2 is 1.81 bits per heavy atom. The maximum atomic E-state index is 6.10. The molecule has 2 atom stereocenters. The zero-order chi connectivity index (χ0) is 18.7. The lowest BCUT2D eigenvalue weighted by Gasteiger charge is -2.19. The van der Waals surface area contributed by atoms with Crippen LogP contribution in [0.3, 0.4) is 0 Å². The highest BCUT2D eigenvalue weighted by molar-refractivity contribution is 9.10. The van der Waals surface area contributed by atoms with Crippen molar-refractivity contribution in [3.8, 4) is 11.6 Å². The Labute approximate surface area is 167 Å². The van der Waals surface area contributed by atoms with E-state index < -0.39 is 0 Å². The highest BCUT2D eigenvalue weighted by Crippen LogP contribution is 2.26.